The molecule has 3 rings (SSSR count). The van der Waals surface area contributed by atoms with Gasteiger partial charge < -0.3 is 10.3 Å². The third-order valence-electron chi connectivity index (χ3n) is 5.41. The summed E-state index contributed by atoms with van der Waals surface area (Å²) in [6.07, 6.45) is 6.34. The van der Waals surface area contributed by atoms with Gasteiger partial charge in [-0.15, -0.1) is 0 Å². The van der Waals surface area contributed by atoms with Crippen molar-refractivity contribution in [3.63, 3.8) is 0 Å². The maximum absolute atomic E-state index is 5.75. The Morgan fingerprint density at radius 3 is 2.67 bits per heavy atom. The molecule has 160 valence electrons. The van der Waals surface area contributed by atoms with Crippen LogP contribution in [0.3, 0.4) is 0 Å². The quantitative estimate of drug-likeness (QED) is 0.390. The monoisotopic (exact) mass is 405 g/mol. The fourth-order valence-corrected chi connectivity index (χ4v) is 3.74. The average Bonchev–Trinajstić information content (AvgIpc) is 3.05. The van der Waals surface area contributed by atoms with Gasteiger partial charge in [0, 0.05) is 19.3 Å². The van der Waals surface area contributed by atoms with Crippen molar-refractivity contribution < 1.29 is 0 Å². The summed E-state index contributed by atoms with van der Waals surface area (Å²) in [6, 6.07) is 10.6. The number of hydrogen-bond donors (Lipinski definition) is 1. The molecule has 5 heteroatoms. The van der Waals surface area contributed by atoms with Gasteiger partial charge >= 0.3 is 0 Å². The van der Waals surface area contributed by atoms with Crippen molar-refractivity contribution in [1.82, 2.24) is 19.4 Å². The highest BCUT2D eigenvalue weighted by molar-refractivity contribution is 5.76. The summed E-state index contributed by atoms with van der Waals surface area (Å²) in [4.78, 5) is 12.2. The third kappa shape index (κ3) is 5.77. The molecule has 0 unspecified atom stereocenters. The van der Waals surface area contributed by atoms with Crippen LogP contribution in [-0.2, 0) is 19.6 Å². The number of nitrogens with two attached hydrogens (primary N) is 1. The lowest BCUT2D eigenvalue weighted by Crippen LogP contribution is -2.27. The summed E-state index contributed by atoms with van der Waals surface area (Å²) < 4.78 is 2.34. The topological polar surface area (TPSA) is 60.0 Å². The third-order valence-corrected chi connectivity index (χ3v) is 5.41. The van der Waals surface area contributed by atoms with E-state index in [1.807, 2.05) is 6.20 Å². The second-order valence-electron chi connectivity index (χ2n) is 8.39. The second-order valence-corrected chi connectivity index (χ2v) is 8.39. The number of benzene rings is 1. The molecule has 5 nitrogen and oxygen atoms in total. The number of aryl methyl sites for hydroxylation is 2. The van der Waals surface area contributed by atoms with Crippen LogP contribution in [0.15, 0.2) is 48.2 Å². The number of allylic oxidation sites excluding steroid dienone is 2. The van der Waals surface area contributed by atoms with Gasteiger partial charge in [-0.05, 0) is 76.9 Å². The second kappa shape index (κ2) is 10.5. The maximum Gasteiger partial charge on any atom is 0.124 e. The van der Waals surface area contributed by atoms with Crippen molar-refractivity contribution in [3.05, 3.63) is 70.8 Å². The summed E-state index contributed by atoms with van der Waals surface area (Å²) in [5, 5.41) is 0. The van der Waals surface area contributed by atoms with E-state index in [1.54, 1.807) is 0 Å². The minimum Gasteiger partial charge on any atom is -0.330 e. The van der Waals surface area contributed by atoms with Gasteiger partial charge in [0.05, 0.1) is 23.3 Å². The normalized spacial score (nSPS) is 11.4. The Labute approximate surface area is 180 Å². The van der Waals surface area contributed by atoms with E-state index in [1.165, 1.54) is 22.2 Å². The number of para-hydroxylation sites is 2. The molecule has 1 aromatic carbocycles. The largest absolute Gasteiger partial charge is 0.330 e. The van der Waals surface area contributed by atoms with Gasteiger partial charge in [-0.2, -0.15) is 0 Å². The Balaban J connectivity index is 1.89. The van der Waals surface area contributed by atoms with Gasteiger partial charge in [0.2, 0.25) is 0 Å². The Kier molecular flexibility index (Phi) is 7.77. The fourth-order valence-electron chi connectivity index (χ4n) is 3.74. The number of hydrogen-bond acceptors (Lipinski definition) is 4. The molecule has 0 fully saturated rings. The van der Waals surface area contributed by atoms with E-state index in [0.29, 0.717) is 0 Å². The molecule has 0 amide bonds. The first-order valence-corrected chi connectivity index (χ1v) is 10.9. The van der Waals surface area contributed by atoms with Crippen molar-refractivity contribution in [1.29, 1.82) is 0 Å². The number of unbranched alkanes of at least 4 members (excludes halogenated alkanes) is 1. The minimum atomic E-state index is 0.731. The number of imidazole rings is 1. The van der Waals surface area contributed by atoms with Crippen LogP contribution in [0.4, 0.5) is 0 Å². The smallest absolute Gasteiger partial charge is 0.124 e. The Morgan fingerprint density at radius 1 is 1.13 bits per heavy atom. The molecule has 0 aliphatic rings. The maximum atomic E-state index is 5.75. The molecule has 0 aliphatic heterocycles. The predicted molar refractivity (Wildman–Crippen MR) is 125 cm³/mol. The Bertz CT molecular complexity index is 998. The minimum absolute atomic E-state index is 0.731. The lowest BCUT2D eigenvalue weighted by molar-refractivity contribution is 0.240. The molecule has 2 heterocycles. The summed E-state index contributed by atoms with van der Waals surface area (Å²) in [7, 11) is 0. The summed E-state index contributed by atoms with van der Waals surface area (Å²) in [6.45, 7) is 12.7. The van der Waals surface area contributed by atoms with E-state index in [0.717, 1.165) is 62.6 Å². The van der Waals surface area contributed by atoms with Crippen molar-refractivity contribution in [2.45, 2.75) is 60.2 Å². The van der Waals surface area contributed by atoms with Crippen LogP contribution in [-0.4, -0.2) is 32.5 Å². The first-order chi connectivity index (χ1) is 14.5. The number of aromatic nitrogens is 3. The number of nitrogens with zero attached hydrogens (tertiary/aromatic N) is 4. The van der Waals surface area contributed by atoms with Crippen LogP contribution < -0.4 is 5.73 Å². The Hall–Kier alpha value is -2.50. The fraction of sp³-hybridized carbons (Fsp3) is 0.440. The summed E-state index contributed by atoms with van der Waals surface area (Å²) >= 11 is 0. The van der Waals surface area contributed by atoms with Gasteiger partial charge in [-0.3, -0.25) is 9.88 Å². The van der Waals surface area contributed by atoms with Gasteiger partial charge in [-0.1, -0.05) is 29.8 Å². The van der Waals surface area contributed by atoms with Gasteiger partial charge in [0.25, 0.3) is 0 Å². The molecule has 30 heavy (non-hydrogen) atoms. The number of fused-ring (bicyclic) bond motifs is 1. The summed E-state index contributed by atoms with van der Waals surface area (Å²) in [5.74, 6) is 1.10. The van der Waals surface area contributed by atoms with Crippen molar-refractivity contribution >= 4 is 11.0 Å². The zero-order chi connectivity index (χ0) is 21.5. The van der Waals surface area contributed by atoms with Crippen LogP contribution in [0.5, 0.6) is 0 Å². The van der Waals surface area contributed by atoms with Crippen LogP contribution in [0.2, 0.25) is 0 Å². The molecule has 0 aliphatic carbocycles. The molecular formula is C25H35N5. The van der Waals surface area contributed by atoms with E-state index < -0.39 is 0 Å². The van der Waals surface area contributed by atoms with Crippen molar-refractivity contribution in [3.8, 4) is 0 Å². The molecule has 0 spiro atoms. The summed E-state index contributed by atoms with van der Waals surface area (Å²) in [5.41, 5.74) is 12.9. The van der Waals surface area contributed by atoms with Crippen molar-refractivity contribution in [2.24, 2.45) is 5.73 Å². The Morgan fingerprint density at radius 2 is 1.93 bits per heavy atom. The van der Waals surface area contributed by atoms with E-state index in [-0.39, 0.29) is 0 Å². The van der Waals surface area contributed by atoms with Crippen molar-refractivity contribution in [2.75, 3.05) is 13.1 Å². The molecular weight excluding hydrogens is 370 g/mol. The highest BCUT2D eigenvalue weighted by Gasteiger charge is 2.15. The van der Waals surface area contributed by atoms with E-state index in [4.69, 9.17) is 15.7 Å². The number of pyridine rings is 1. The van der Waals surface area contributed by atoms with E-state index in [2.05, 4.69) is 73.6 Å². The van der Waals surface area contributed by atoms with Gasteiger partial charge in [0.15, 0.2) is 0 Å². The highest BCUT2D eigenvalue weighted by atomic mass is 15.2. The molecule has 0 atom stereocenters. The number of rotatable bonds is 10. The first-order valence-electron chi connectivity index (χ1n) is 10.9. The lowest BCUT2D eigenvalue weighted by Gasteiger charge is -2.23. The lowest BCUT2D eigenvalue weighted by atomic mass is 10.1. The van der Waals surface area contributed by atoms with Crippen LogP contribution in [0.25, 0.3) is 11.0 Å². The zero-order valence-corrected chi connectivity index (χ0v) is 18.9. The molecule has 3 aromatic rings. The molecule has 0 saturated carbocycles. The average molecular weight is 406 g/mol. The van der Waals surface area contributed by atoms with Gasteiger partial charge in [-0.25, -0.2) is 4.98 Å². The predicted octanol–water partition coefficient (Wildman–Crippen LogP) is 4.76. The molecule has 2 aromatic heterocycles. The van der Waals surface area contributed by atoms with Crippen LogP contribution >= 0.6 is 0 Å². The van der Waals surface area contributed by atoms with Gasteiger partial charge in [0.1, 0.15) is 5.82 Å². The highest BCUT2D eigenvalue weighted by Crippen LogP contribution is 2.20. The molecule has 0 bridgehead atoms. The molecule has 2 N–H and O–H groups in total. The zero-order valence-electron chi connectivity index (χ0n) is 18.9. The van der Waals surface area contributed by atoms with E-state index >= 15 is 0 Å². The van der Waals surface area contributed by atoms with Crippen LogP contribution in [0.1, 0.15) is 49.3 Å². The molecule has 0 saturated heterocycles. The van der Waals surface area contributed by atoms with E-state index in [9.17, 15) is 0 Å². The first kappa shape index (κ1) is 22.2. The van der Waals surface area contributed by atoms with Crippen LogP contribution in [0, 0.1) is 13.8 Å². The molecule has 0 radical (unpaired) electrons. The standard InChI is InChI=1S/C25H35N5/c1-19(2)11-14-30-24-10-6-5-9-22(24)28-25(30)18-29(13-8-7-12-26)17-23-21(4)15-20(3)16-27-23/h5-6,9-11,15-16H,7-8,12-14,17-18,26H2,1-4H3. The SMILES string of the molecule is CC(C)=CCn1c(CN(CCCCN)Cc2ncc(C)cc2C)nc2ccccc21.